The molecular weight excluding hydrogens is 342 g/mol. The fourth-order valence-electron chi connectivity index (χ4n) is 1.97. The van der Waals surface area contributed by atoms with Crippen LogP contribution in [0.25, 0.3) is 16.9 Å². The molecule has 0 saturated carbocycles. The number of aromatic nitrogens is 4. The van der Waals surface area contributed by atoms with Gasteiger partial charge in [0.05, 0.1) is 5.69 Å². The van der Waals surface area contributed by atoms with Crippen molar-refractivity contribution in [2.24, 2.45) is 0 Å². The summed E-state index contributed by atoms with van der Waals surface area (Å²) in [6.07, 6.45) is -9.65. The average molecular weight is 348 g/mol. The quantitative estimate of drug-likeness (QED) is 0.663. The van der Waals surface area contributed by atoms with Crippen molar-refractivity contribution in [3.63, 3.8) is 0 Å². The van der Waals surface area contributed by atoms with Crippen molar-refractivity contribution in [3.05, 3.63) is 42.2 Å². The van der Waals surface area contributed by atoms with E-state index in [1.807, 2.05) is 0 Å². The van der Waals surface area contributed by atoms with Gasteiger partial charge in [0.2, 0.25) is 0 Å². The summed E-state index contributed by atoms with van der Waals surface area (Å²) in [6, 6.07) is 7.27. The maximum Gasteiger partial charge on any atom is 0.573 e. The number of halogens is 6. The molecule has 3 rings (SSSR count). The average Bonchev–Trinajstić information content (AvgIpc) is 2.88. The topological polar surface area (TPSA) is 52.3 Å². The summed E-state index contributed by atoms with van der Waals surface area (Å²) in [5, 5.41) is 10.1. The van der Waals surface area contributed by atoms with Crippen LogP contribution in [0.3, 0.4) is 0 Å². The Morgan fingerprint density at radius 3 is 2.33 bits per heavy atom. The molecule has 0 unspecified atom stereocenters. The predicted octanol–water partition coefficient (Wildman–Crippen LogP) is 3.71. The van der Waals surface area contributed by atoms with Crippen molar-refractivity contribution in [1.29, 1.82) is 0 Å². The van der Waals surface area contributed by atoms with E-state index < -0.39 is 24.1 Å². The summed E-state index contributed by atoms with van der Waals surface area (Å²) < 4.78 is 79.5. The van der Waals surface area contributed by atoms with Crippen LogP contribution in [0.4, 0.5) is 26.3 Å². The van der Waals surface area contributed by atoms with E-state index in [1.165, 1.54) is 24.3 Å². The summed E-state index contributed by atoms with van der Waals surface area (Å²) in [5.74, 6) is -1.84. The Balaban J connectivity index is 2.05. The Kier molecular flexibility index (Phi) is 3.57. The third-order valence-electron chi connectivity index (χ3n) is 2.88. The molecule has 0 aliphatic rings. The van der Waals surface area contributed by atoms with Gasteiger partial charge in [-0.05, 0) is 24.3 Å². The van der Waals surface area contributed by atoms with E-state index in [0.29, 0.717) is 4.52 Å². The van der Waals surface area contributed by atoms with Gasteiger partial charge in [-0.3, -0.25) is 0 Å². The molecule has 11 heteroatoms. The molecule has 0 spiro atoms. The van der Waals surface area contributed by atoms with Gasteiger partial charge in [0, 0.05) is 5.56 Å². The Morgan fingerprint density at radius 1 is 0.917 bits per heavy atom. The van der Waals surface area contributed by atoms with Gasteiger partial charge in [-0.25, -0.2) is 0 Å². The van der Waals surface area contributed by atoms with Gasteiger partial charge in [0.1, 0.15) is 5.75 Å². The number of ether oxygens (including phenoxy) is 1. The summed E-state index contributed by atoms with van der Waals surface area (Å²) in [5.41, 5.74) is -0.00494. The van der Waals surface area contributed by atoms with Gasteiger partial charge in [-0.1, -0.05) is 12.1 Å². The molecule has 0 fully saturated rings. The lowest BCUT2D eigenvalue weighted by Gasteiger charge is -2.10. The highest BCUT2D eigenvalue weighted by Gasteiger charge is 2.37. The molecule has 0 aliphatic carbocycles. The third-order valence-corrected chi connectivity index (χ3v) is 2.88. The first-order valence-electron chi connectivity index (χ1n) is 6.29. The van der Waals surface area contributed by atoms with Crippen LogP contribution in [0.5, 0.6) is 5.75 Å². The fourth-order valence-corrected chi connectivity index (χ4v) is 1.97. The van der Waals surface area contributed by atoms with Crippen LogP contribution in [0.1, 0.15) is 5.82 Å². The Hall–Kier alpha value is -2.85. The standard InChI is InChI=1S/C13H6F6N4O/c14-12(15,16)11-21-20-10-5-4-9(22-23(10)11)7-2-1-3-8(6-7)24-13(17,18)19/h1-6H. The van der Waals surface area contributed by atoms with E-state index in [1.54, 1.807) is 0 Å². The van der Waals surface area contributed by atoms with E-state index in [9.17, 15) is 26.3 Å². The Bertz CT molecular complexity index is 886. The lowest BCUT2D eigenvalue weighted by atomic mass is 10.1. The number of alkyl halides is 6. The molecule has 0 atom stereocenters. The second-order valence-corrected chi connectivity index (χ2v) is 4.59. The molecule has 0 aliphatic heterocycles. The lowest BCUT2D eigenvalue weighted by Crippen LogP contribution is -2.17. The first-order valence-corrected chi connectivity index (χ1v) is 6.29. The molecule has 0 N–H and O–H groups in total. The lowest BCUT2D eigenvalue weighted by molar-refractivity contribution is -0.274. The molecule has 0 bridgehead atoms. The van der Waals surface area contributed by atoms with Crippen LogP contribution in [0.15, 0.2) is 36.4 Å². The van der Waals surface area contributed by atoms with Crippen molar-refractivity contribution >= 4 is 5.65 Å². The van der Waals surface area contributed by atoms with Gasteiger partial charge < -0.3 is 4.74 Å². The van der Waals surface area contributed by atoms with E-state index in [-0.39, 0.29) is 16.9 Å². The first kappa shape index (κ1) is 16.0. The van der Waals surface area contributed by atoms with Crippen molar-refractivity contribution < 1.29 is 31.1 Å². The minimum Gasteiger partial charge on any atom is -0.406 e. The van der Waals surface area contributed by atoms with Crippen molar-refractivity contribution in [3.8, 4) is 17.0 Å². The molecule has 3 aromatic rings. The zero-order valence-electron chi connectivity index (χ0n) is 11.4. The number of hydrogen-bond donors (Lipinski definition) is 0. The molecule has 0 radical (unpaired) electrons. The monoisotopic (exact) mass is 348 g/mol. The van der Waals surface area contributed by atoms with Gasteiger partial charge in [0.25, 0.3) is 5.82 Å². The number of hydrogen-bond acceptors (Lipinski definition) is 4. The van der Waals surface area contributed by atoms with Gasteiger partial charge in [0.15, 0.2) is 5.65 Å². The van der Waals surface area contributed by atoms with Crippen LogP contribution in [0, 0.1) is 0 Å². The number of nitrogens with zero attached hydrogens (tertiary/aromatic N) is 4. The Morgan fingerprint density at radius 2 is 1.67 bits per heavy atom. The van der Waals surface area contributed by atoms with Crippen molar-refractivity contribution in [2.75, 3.05) is 0 Å². The van der Waals surface area contributed by atoms with Crippen LogP contribution in [-0.2, 0) is 6.18 Å². The van der Waals surface area contributed by atoms with Crippen molar-refractivity contribution in [1.82, 2.24) is 19.8 Å². The maximum atomic E-state index is 12.8. The van der Waals surface area contributed by atoms with Crippen LogP contribution < -0.4 is 4.74 Å². The first-order chi connectivity index (χ1) is 11.1. The molecule has 24 heavy (non-hydrogen) atoms. The minimum absolute atomic E-state index is 0.000393. The molecule has 0 saturated heterocycles. The van der Waals surface area contributed by atoms with E-state index in [0.717, 1.165) is 12.1 Å². The largest absolute Gasteiger partial charge is 0.573 e. The third kappa shape index (κ3) is 3.24. The highest BCUT2D eigenvalue weighted by atomic mass is 19.4. The van der Waals surface area contributed by atoms with Gasteiger partial charge >= 0.3 is 12.5 Å². The summed E-state index contributed by atoms with van der Waals surface area (Å²) >= 11 is 0. The fraction of sp³-hybridized carbons (Fsp3) is 0.154. The highest BCUT2D eigenvalue weighted by molar-refractivity contribution is 5.62. The zero-order valence-corrected chi connectivity index (χ0v) is 11.4. The van der Waals surface area contributed by atoms with E-state index in [2.05, 4.69) is 20.0 Å². The maximum absolute atomic E-state index is 12.8. The minimum atomic E-state index is -4.88. The SMILES string of the molecule is FC(F)(F)Oc1cccc(-c2ccc3nnc(C(F)(F)F)n3n2)c1. The summed E-state index contributed by atoms with van der Waals surface area (Å²) in [4.78, 5) is 0. The Labute approximate surface area is 129 Å². The zero-order chi connectivity index (χ0) is 17.5. The molecule has 5 nitrogen and oxygen atoms in total. The molecule has 126 valence electrons. The summed E-state index contributed by atoms with van der Waals surface area (Å²) in [6.45, 7) is 0. The molecule has 2 heterocycles. The molecular formula is C13H6F6N4O. The molecule has 0 amide bonds. The van der Waals surface area contributed by atoms with Crippen LogP contribution in [0.2, 0.25) is 0 Å². The normalized spacial score (nSPS) is 12.6. The molecule has 2 aromatic heterocycles. The second-order valence-electron chi connectivity index (χ2n) is 4.59. The van der Waals surface area contributed by atoms with E-state index in [4.69, 9.17) is 0 Å². The predicted molar refractivity (Wildman–Crippen MR) is 67.9 cm³/mol. The number of benzene rings is 1. The number of rotatable bonds is 2. The van der Waals surface area contributed by atoms with Crippen molar-refractivity contribution in [2.45, 2.75) is 12.5 Å². The smallest absolute Gasteiger partial charge is 0.406 e. The molecule has 1 aromatic carbocycles. The van der Waals surface area contributed by atoms with Crippen LogP contribution in [-0.4, -0.2) is 26.2 Å². The van der Waals surface area contributed by atoms with Gasteiger partial charge in [-0.15, -0.1) is 23.4 Å². The van der Waals surface area contributed by atoms with Crippen LogP contribution >= 0.6 is 0 Å². The second kappa shape index (κ2) is 5.35. The van der Waals surface area contributed by atoms with Gasteiger partial charge in [-0.2, -0.15) is 22.8 Å². The highest BCUT2D eigenvalue weighted by Crippen LogP contribution is 2.30. The van der Waals surface area contributed by atoms with E-state index >= 15 is 0 Å². The summed E-state index contributed by atoms with van der Waals surface area (Å²) in [7, 11) is 0. The number of fused-ring (bicyclic) bond motifs is 1.